The van der Waals surface area contributed by atoms with E-state index in [4.69, 9.17) is 10.2 Å². The summed E-state index contributed by atoms with van der Waals surface area (Å²) in [5, 5.41) is 8.10. The molecule has 5 heteroatoms. The molecule has 5 nitrogen and oxygen atoms in total. The van der Waals surface area contributed by atoms with Gasteiger partial charge in [0.15, 0.2) is 5.82 Å². The predicted octanol–water partition coefficient (Wildman–Crippen LogP) is 1.16. The summed E-state index contributed by atoms with van der Waals surface area (Å²) in [4.78, 5) is 2.00. The minimum atomic E-state index is 0.415. The van der Waals surface area contributed by atoms with Gasteiger partial charge in [0.2, 0.25) is 0 Å². The summed E-state index contributed by atoms with van der Waals surface area (Å²) in [6.07, 6.45) is 3.38. The maximum Gasteiger partial charge on any atom is 0.151 e. The van der Waals surface area contributed by atoms with Gasteiger partial charge in [0.05, 0.1) is 18.2 Å². The van der Waals surface area contributed by atoms with Gasteiger partial charge in [0.1, 0.15) is 0 Å². The number of nitrogens with zero attached hydrogens (tertiary/aromatic N) is 3. The van der Waals surface area contributed by atoms with E-state index in [1.165, 1.54) is 0 Å². The van der Waals surface area contributed by atoms with Gasteiger partial charge in [0, 0.05) is 25.7 Å². The van der Waals surface area contributed by atoms with E-state index in [1.54, 1.807) is 12.5 Å². The quantitative estimate of drug-likeness (QED) is 0.834. The maximum absolute atomic E-state index is 5.46. The van der Waals surface area contributed by atoms with Crippen LogP contribution in [0.15, 0.2) is 35.1 Å². The Balaban J connectivity index is 2.05. The lowest BCUT2D eigenvalue weighted by atomic mass is 10.3. The van der Waals surface area contributed by atoms with Crippen LogP contribution in [0.2, 0.25) is 0 Å². The third kappa shape index (κ3) is 2.38. The number of rotatable bonds is 4. The minimum absolute atomic E-state index is 0.415. The van der Waals surface area contributed by atoms with Gasteiger partial charge in [-0.2, -0.15) is 5.10 Å². The van der Waals surface area contributed by atoms with Crippen LogP contribution in [0.1, 0.15) is 11.3 Å². The van der Waals surface area contributed by atoms with E-state index in [-0.39, 0.29) is 0 Å². The lowest BCUT2D eigenvalue weighted by Crippen LogP contribution is -2.18. The second kappa shape index (κ2) is 4.76. The molecule has 0 saturated heterocycles. The number of hydrogen-bond acceptors (Lipinski definition) is 5. The molecule has 16 heavy (non-hydrogen) atoms. The van der Waals surface area contributed by atoms with Gasteiger partial charge in [-0.3, -0.25) is 0 Å². The van der Waals surface area contributed by atoms with Crippen LogP contribution in [0.4, 0.5) is 5.82 Å². The summed E-state index contributed by atoms with van der Waals surface area (Å²) in [5.41, 5.74) is 7.35. The van der Waals surface area contributed by atoms with E-state index < -0.39 is 0 Å². The summed E-state index contributed by atoms with van der Waals surface area (Å²) in [6.45, 7) is 1.16. The van der Waals surface area contributed by atoms with E-state index in [9.17, 15) is 0 Å². The summed E-state index contributed by atoms with van der Waals surface area (Å²) in [7, 11) is 1.96. The highest BCUT2D eigenvalue weighted by Gasteiger charge is 2.04. The Kier molecular flexibility index (Phi) is 3.16. The van der Waals surface area contributed by atoms with Gasteiger partial charge in [0.25, 0.3) is 0 Å². The monoisotopic (exact) mass is 218 g/mol. The molecule has 0 aliphatic rings. The number of anilines is 1. The fourth-order valence-electron chi connectivity index (χ4n) is 1.40. The predicted molar refractivity (Wildman–Crippen MR) is 60.7 cm³/mol. The highest BCUT2D eigenvalue weighted by atomic mass is 16.3. The van der Waals surface area contributed by atoms with E-state index in [0.29, 0.717) is 6.54 Å². The van der Waals surface area contributed by atoms with Gasteiger partial charge < -0.3 is 15.1 Å². The van der Waals surface area contributed by atoms with Crippen molar-refractivity contribution in [3.63, 3.8) is 0 Å². The van der Waals surface area contributed by atoms with Crippen LogP contribution in [0.25, 0.3) is 0 Å². The number of furan rings is 1. The molecule has 84 valence electrons. The first-order chi connectivity index (χ1) is 7.79. The molecule has 2 heterocycles. The van der Waals surface area contributed by atoms with Gasteiger partial charge in [-0.05, 0) is 18.2 Å². The fraction of sp³-hybridized carbons (Fsp3) is 0.273. The van der Waals surface area contributed by atoms with E-state index in [1.807, 2.05) is 30.1 Å². The first kappa shape index (κ1) is 10.6. The lowest BCUT2D eigenvalue weighted by molar-refractivity contribution is 0.563. The van der Waals surface area contributed by atoms with Crippen LogP contribution < -0.4 is 10.6 Å². The fourth-order valence-corrected chi connectivity index (χ4v) is 1.40. The molecule has 0 amide bonds. The van der Waals surface area contributed by atoms with E-state index in [0.717, 1.165) is 23.6 Å². The maximum atomic E-state index is 5.46. The number of nitrogens with two attached hydrogens (primary N) is 1. The third-order valence-corrected chi connectivity index (χ3v) is 2.31. The van der Waals surface area contributed by atoms with Crippen molar-refractivity contribution >= 4 is 5.82 Å². The SMILES string of the molecule is CN(Cc1ccoc1)c1ccc(CN)nn1. The molecule has 2 N–H and O–H groups in total. The molecule has 0 bridgehead atoms. The number of hydrogen-bond donors (Lipinski definition) is 1. The van der Waals surface area contributed by atoms with Crippen molar-refractivity contribution in [2.24, 2.45) is 5.73 Å². The zero-order chi connectivity index (χ0) is 11.4. The molecule has 2 aromatic rings. The first-order valence-electron chi connectivity index (χ1n) is 5.04. The van der Waals surface area contributed by atoms with Crippen LogP contribution in [0.5, 0.6) is 0 Å². The average Bonchev–Trinajstić information content (AvgIpc) is 2.82. The van der Waals surface area contributed by atoms with Crippen molar-refractivity contribution in [2.75, 3.05) is 11.9 Å². The second-order valence-corrected chi connectivity index (χ2v) is 3.57. The van der Waals surface area contributed by atoms with Crippen molar-refractivity contribution in [1.29, 1.82) is 0 Å². The van der Waals surface area contributed by atoms with Gasteiger partial charge in [-0.1, -0.05) is 0 Å². The van der Waals surface area contributed by atoms with Crippen LogP contribution in [-0.4, -0.2) is 17.2 Å². The Hall–Kier alpha value is -1.88. The molecule has 0 saturated carbocycles. The van der Waals surface area contributed by atoms with Crippen LogP contribution in [-0.2, 0) is 13.1 Å². The minimum Gasteiger partial charge on any atom is -0.472 e. The molecular formula is C11H14N4O. The van der Waals surface area contributed by atoms with E-state index >= 15 is 0 Å². The molecule has 0 atom stereocenters. The molecule has 0 aliphatic carbocycles. The standard InChI is InChI=1S/C11H14N4O/c1-15(7-9-4-5-16-8-9)11-3-2-10(6-12)13-14-11/h2-5,8H,6-7,12H2,1H3. The molecule has 0 radical (unpaired) electrons. The van der Waals surface area contributed by atoms with Crippen LogP contribution >= 0.6 is 0 Å². The molecule has 0 spiro atoms. The first-order valence-corrected chi connectivity index (χ1v) is 5.04. The Labute approximate surface area is 93.9 Å². The molecule has 0 aliphatic heterocycles. The van der Waals surface area contributed by atoms with Gasteiger partial charge in [-0.15, -0.1) is 5.10 Å². The van der Waals surface area contributed by atoms with Crippen LogP contribution in [0, 0.1) is 0 Å². The van der Waals surface area contributed by atoms with Gasteiger partial charge in [-0.25, -0.2) is 0 Å². The van der Waals surface area contributed by atoms with Crippen molar-refractivity contribution in [2.45, 2.75) is 13.1 Å². The summed E-state index contributed by atoms with van der Waals surface area (Å²) in [5.74, 6) is 0.818. The molecule has 2 rings (SSSR count). The summed E-state index contributed by atoms with van der Waals surface area (Å²) >= 11 is 0. The Bertz CT molecular complexity index is 424. The molecule has 0 unspecified atom stereocenters. The van der Waals surface area contributed by atoms with Crippen molar-refractivity contribution < 1.29 is 4.42 Å². The Morgan fingerprint density at radius 3 is 2.75 bits per heavy atom. The summed E-state index contributed by atoms with van der Waals surface area (Å²) < 4.78 is 5.01. The Morgan fingerprint density at radius 2 is 2.19 bits per heavy atom. The molecular weight excluding hydrogens is 204 g/mol. The zero-order valence-electron chi connectivity index (χ0n) is 9.13. The van der Waals surface area contributed by atoms with Crippen molar-refractivity contribution in [1.82, 2.24) is 10.2 Å². The second-order valence-electron chi connectivity index (χ2n) is 3.57. The number of aromatic nitrogens is 2. The highest BCUT2D eigenvalue weighted by molar-refractivity contribution is 5.37. The Morgan fingerprint density at radius 1 is 1.31 bits per heavy atom. The molecule has 2 aromatic heterocycles. The van der Waals surface area contributed by atoms with Gasteiger partial charge >= 0.3 is 0 Å². The van der Waals surface area contributed by atoms with E-state index in [2.05, 4.69) is 10.2 Å². The van der Waals surface area contributed by atoms with Crippen molar-refractivity contribution in [3.8, 4) is 0 Å². The third-order valence-electron chi connectivity index (χ3n) is 2.31. The molecule has 0 aromatic carbocycles. The largest absolute Gasteiger partial charge is 0.472 e. The topological polar surface area (TPSA) is 68.2 Å². The summed E-state index contributed by atoms with van der Waals surface area (Å²) in [6, 6.07) is 5.72. The zero-order valence-corrected chi connectivity index (χ0v) is 9.13. The molecule has 0 fully saturated rings. The highest BCUT2D eigenvalue weighted by Crippen LogP contribution is 2.11. The van der Waals surface area contributed by atoms with Crippen LogP contribution in [0.3, 0.4) is 0 Å². The normalized spacial score (nSPS) is 10.4. The lowest BCUT2D eigenvalue weighted by Gasteiger charge is -2.16. The average molecular weight is 218 g/mol. The van der Waals surface area contributed by atoms with Crippen molar-refractivity contribution in [3.05, 3.63) is 42.0 Å². The smallest absolute Gasteiger partial charge is 0.151 e.